The van der Waals surface area contributed by atoms with Crippen LogP contribution in [0.3, 0.4) is 0 Å². The van der Waals surface area contributed by atoms with Gasteiger partial charge in [0.1, 0.15) is 11.2 Å². The van der Waals surface area contributed by atoms with Crippen molar-refractivity contribution in [2.75, 3.05) is 0 Å². The molecule has 0 saturated carbocycles. The van der Waals surface area contributed by atoms with Gasteiger partial charge in [-0.3, -0.25) is 4.57 Å². The van der Waals surface area contributed by atoms with Crippen LogP contribution in [0.4, 0.5) is 0 Å². The van der Waals surface area contributed by atoms with E-state index in [2.05, 4.69) is 187 Å². The van der Waals surface area contributed by atoms with Crippen molar-refractivity contribution >= 4 is 43.4 Å². The lowest BCUT2D eigenvalue weighted by atomic mass is 9.73. The van der Waals surface area contributed by atoms with Crippen molar-refractivity contribution in [1.29, 1.82) is 0 Å². The normalized spacial score (nSPS) is 13.5. The first-order valence-electron chi connectivity index (χ1n) is 18.0. The highest BCUT2D eigenvalue weighted by molar-refractivity contribution is 6.15. The Labute approximate surface area is 300 Å². The topological polar surface area (TPSA) is 17.8 Å². The molecule has 2 nitrogen and oxygen atoms in total. The molecule has 0 amide bonds. The van der Waals surface area contributed by atoms with E-state index in [1.54, 1.807) is 0 Å². The lowest BCUT2D eigenvalue weighted by Gasteiger charge is -2.27. The van der Waals surface area contributed by atoms with Gasteiger partial charge < -0.3 is 0 Å². The summed E-state index contributed by atoms with van der Waals surface area (Å²) in [5.74, 6) is 1.07. The van der Waals surface area contributed by atoms with E-state index in [-0.39, 0.29) is 0 Å². The molecular formula is C50H30N2. The van der Waals surface area contributed by atoms with Crippen LogP contribution in [0.25, 0.3) is 82.4 Å². The first-order chi connectivity index (χ1) is 25.8. The number of hydrogen-bond acceptors (Lipinski definition) is 1. The molecule has 1 aliphatic carbocycles. The molecule has 0 bridgehead atoms. The van der Waals surface area contributed by atoms with Crippen LogP contribution < -0.4 is 0 Å². The number of hydrogen-bond donors (Lipinski definition) is 0. The molecule has 0 unspecified atom stereocenters. The zero-order chi connectivity index (χ0) is 34.0. The summed E-state index contributed by atoms with van der Waals surface area (Å²) in [6.45, 7) is 0. The highest BCUT2D eigenvalue weighted by Crippen LogP contribution is 2.60. The van der Waals surface area contributed by atoms with Gasteiger partial charge in [0.2, 0.25) is 0 Å². The minimum atomic E-state index is -0.465. The summed E-state index contributed by atoms with van der Waals surface area (Å²) < 4.78 is 2.41. The maximum absolute atomic E-state index is 5.56. The van der Waals surface area contributed by atoms with Crippen LogP contribution in [-0.4, -0.2) is 9.55 Å². The van der Waals surface area contributed by atoms with Crippen LogP contribution in [0.2, 0.25) is 0 Å². The molecule has 2 heteroatoms. The van der Waals surface area contributed by atoms with E-state index in [0.29, 0.717) is 0 Å². The molecule has 1 aliphatic heterocycles. The van der Waals surface area contributed by atoms with Crippen LogP contribution in [-0.2, 0) is 5.41 Å². The molecule has 0 atom stereocenters. The van der Waals surface area contributed by atoms with E-state index in [4.69, 9.17) is 4.98 Å². The van der Waals surface area contributed by atoms with Crippen LogP contribution in [0, 0.1) is 0 Å². The highest BCUT2D eigenvalue weighted by atomic mass is 15.1. The van der Waals surface area contributed by atoms with E-state index >= 15 is 0 Å². The SMILES string of the molecule is c1cc(-c2ccc3c(c2)nc2n3-c3ccccc3C23c2ccccc2-c2ccccc23)cc(-c2cccc3c2ccc2cc4ccccc4cc23)c1. The largest absolute Gasteiger partial charge is 0.295 e. The molecule has 9 aromatic carbocycles. The second-order valence-electron chi connectivity index (χ2n) is 14.3. The summed E-state index contributed by atoms with van der Waals surface area (Å²) in [6, 6.07) is 67.0. The number of rotatable bonds is 2. The minimum absolute atomic E-state index is 0.465. The Morgan fingerprint density at radius 1 is 0.385 bits per heavy atom. The van der Waals surface area contributed by atoms with Crippen molar-refractivity contribution in [2.45, 2.75) is 5.41 Å². The number of aromatic nitrogens is 2. The van der Waals surface area contributed by atoms with Gasteiger partial charge in [0.05, 0.1) is 16.7 Å². The standard InChI is InChI=1S/C50H30N2/c1-2-12-33-29-42-36(28-31(33)11-1)23-25-39-37(17-10-18-38(39)42)35-14-9-13-32(27-35)34-24-26-48-46(30-34)51-49-50(45-21-7-8-22-47(45)52(48)49)43-19-5-3-15-40(43)41-16-4-6-20-44(41)50/h1-30H. The average molecular weight is 659 g/mol. The number of para-hydroxylation sites is 1. The summed E-state index contributed by atoms with van der Waals surface area (Å²) in [7, 11) is 0. The van der Waals surface area contributed by atoms with Crippen molar-refractivity contribution in [1.82, 2.24) is 9.55 Å². The summed E-state index contributed by atoms with van der Waals surface area (Å²) >= 11 is 0. The minimum Gasteiger partial charge on any atom is -0.295 e. The van der Waals surface area contributed by atoms with Crippen molar-refractivity contribution in [3.8, 4) is 39.1 Å². The predicted octanol–water partition coefficient (Wildman–Crippen LogP) is 12.5. The second kappa shape index (κ2) is 10.2. The quantitative estimate of drug-likeness (QED) is 0.133. The van der Waals surface area contributed by atoms with Gasteiger partial charge in [-0.1, -0.05) is 146 Å². The molecule has 0 N–H and O–H groups in total. The number of imidazole rings is 1. The molecule has 10 aromatic rings. The Morgan fingerprint density at radius 2 is 1.04 bits per heavy atom. The Bertz CT molecular complexity index is 3100. The van der Waals surface area contributed by atoms with E-state index in [1.807, 2.05) is 0 Å². The monoisotopic (exact) mass is 658 g/mol. The van der Waals surface area contributed by atoms with Gasteiger partial charge in [-0.2, -0.15) is 0 Å². The Morgan fingerprint density at radius 3 is 1.87 bits per heavy atom. The Hall–Kier alpha value is -6.77. The van der Waals surface area contributed by atoms with Crippen molar-refractivity contribution in [2.24, 2.45) is 0 Å². The van der Waals surface area contributed by atoms with E-state index in [9.17, 15) is 0 Å². The smallest absolute Gasteiger partial charge is 0.134 e. The van der Waals surface area contributed by atoms with Gasteiger partial charge in [-0.15, -0.1) is 0 Å². The fourth-order valence-electron chi connectivity index (χ4n) is 9.53. The molecule has 0 fully saturated rings. The summed E-state index contributed by atoms with van der Waals surface area (Å²) in [5.41, 5.74) is 14.2. The molecule has 12 rings (SSSR count). The molecule has 1 spiro atoms. The van der Waals surface area contributed by atoms with Crippen molar-refractivity contribution in [3.63, 3.8) is 0 Å². The van der Waals surface area contributed by atoms with E-state index < -0.39 is 5.41 Å². The fraction of sp³-hybridized carbons (Fsp3) is 0.0200. The third-order valence-corrected chi connectivity index (χ3v) is 11.7. The third-order valence-electron chi connectivity index (χ3n) is 11.7. The first kappa shape index (κ1) is 28.0. The zero-order valence-electron chi connectivity index (χ0n) is 28.2. The summed E-state index contributed by atoms with van der Waals surface area (Å²) in [6.07, 6.45) is 0. The summed E-state index contributed by atoms with van der Waals surface area (Å²) in [5, 5.41) is 7.65. The molecule has 0 radical (unpaired) electrons. The van der Waals surface area contributed by atoms with Gasteiger partial charge in [0.15, 0.2) is 0 Å². The maximum Gasteiger partial charge on any atom is 0.134 e. The van der Waals surface area contributed by atoms with Crippen LogP contribution >= 0.6 is 0 Å². The van der Waals surface area contributed by atoms with Crippen LogP contribution in [0.5, 0.6) is 0 Å². The van der Waals surface area contributed by atoms with Crippen molar-refractivity contribution in [3.05, 3.63) is 205 Å². The van der Waals surface area contributed by atoms with Gasteiger partial charge in [0.25, 0.3) is 0 Å². The van der Waals surface area contributed by atoms with Gasteiger partial charge in [0, 0.05) is 0 Å². The molecule has 0 saturated heterocycles. The third kappa shape index (κ3) is 3.56. The number of fused-ring (bicyclic) bond motifs is 16. The fourth-order valence-corrected chi connectivity index (χ4v) is 9.53. The Kier molecular flexibility index (Phi) is 5.46. The molecule has 2 heterocycles. The van der Waals surface area contributed by atoms with E-state index in [0.717, 1.165) is 22.4 Å². The Balaban J connectivity index is 1.02. The molecule has 1 aromatic heterocycles. The lowest BCUT2D eigenvalue weighted by Crippen LogP contribution is -2.27. The van der Waals surface area contributed by atoms with Gasteiger partial charge in [-0.25, -0.2) is 4.98 Å². The second-order valence-corrected chi connectivity index (χ2v) is 14.3. The predicted molar refractivity (Wildman–Crippen MR) is 215 cm³/mol. The summed E-state index contributed by atoms with van der Waals surface area (Å²) in [4.78, 5) is 5.56. The van der Waals surface area contributed by atoms with Gasteiger partial charge >= 0.3 is 0 Å². The van der Waals surface area contributed by atoms with Crippen LogP contribution in [0.1, 0.15) is 22.5 Å². The van der Waals surface area contributed by atoms with Crippen LogP contribution in [0.15, 0.2) is 182 Å². The van der Waals surface area contributed by atoms with Gasteiger partial charge in [-0.05, 0) is 119 Å². The van der Waals surface area contributed by atoms with E-state index in [1.165, 1.54) is 82.5 Å². The number of nitrogens with zero attached hydrogens (tertiary/aromatic N) is 2. The number of benzene rings is 9. The maximum atomic E-state index is 5.56. The molecule has 240 valence electrons. The molecular weight excluding hydrogens is 629 g/mol. The lowest BCUT2D eigenvalue weighted by molar-refractivity contribution is 0.738. The zero-order valence-corrected chi connectivity index (χ0v) is 28.2. The highest BCUT2D eigenvalue weighted by Gasteiger charge is 2.54. The molecule has 52 heavy (non-hydrogen) atoms. The molecule has 2 aliphatic rings. The average Bonchev–Trinajstić information content (AvgIpc) is 3.83. The van der Waals surface area contributed by atoms with Crippen molar-refractivity contribution < 1.29 is 0 Å². The first-order valence-corrected chi connectivity index (χ1v) is 18.0.